The molecule has 1 aromatic carbocycles. The zero-order chi connectivity index (χ0) is 26.6. The molecule has 3 saturated heterocycles. The van der Waals surface area contributed by atoms with Gasteiger partial charge >= 0.3 is 6.03 Å². The monoisotopic (exact) mass is 522 g/mol. The molecule has 4 amide bonds. The van der Waals surface area contributed by atoms with E-state index < -0.39 is 0 Å². The Labute approximate surface area is 223 Å². The average molecular weight is 523 g/mol. The number of urea groups is 1. The molecule has 0 bridgehead atoms. The highest BCUT2D eigenvalue weighted by Crippen LogP contribution is 2.26. The summed E-state index contributed by atoms with van der Waals surface area (Å²) in [6.45, 7) is 10.2. The fraction of sp³-hybridized carbons (Fsp3) is 0.536. The van der Waals surface area contributed by atoms with E-state index >= 15 is 0 Å². The molecule has 3 aliphatic rings. The second-order valence-electron chi connectivity index (χ2n) is 10.5. The normalized spacial score (nSPS) is 19.0. The van der Waals surface area contributed by atoms with Gasteiger partial charge in [0.1, 0.15) is 5.69 Å². The summed E-state index contributed by atoms with van der Waals surface area (Å²) >= 11 is 0. The Hall–Kier alpha value is -3.53. The van der Waals surface area contributed by atoms with Crippen molar-refractivity contribution in [2.75, 3.05) is 75.8 Å². The first-order valence-electron chi connectivity index (χ1n) is 13.6. The number of morpholine rings is 1. The van der Waals surface area contributed by atoms with E-state index in [2.05, 4.69) is 15.2 Å². The quantitative estimate of drug-likeness (QED) is 0.643. The van der Waals surface area contributed by atoms with E-state index in [9.17, 15) is 14.4 Å². The molecule has 3 aliphatic heterocycles. The minimum Gasteiger partial charge on any atom is -0.378 e. The van der Waals surface area contributed by atoms with E-state index in [0.29, 0.717) is 58.2 Å². The van der Waals surface area contributed by atoms with Crippen molar-refractivity contribution in [2.24, 2.45) is 5.92 Å². The van der Waals surface area contributed by atoms with Crippen LogP contribution in [-0.2, 0) is 9.53 Å². The molecule has 3 fully saturated rings. The van der Waals surface area contributed by atoms with Gasteiger partial charge in [-0.05, 0) is 62.6 Å². The van der Waals surface area contributed by atoms with Crippen molar-refractivity contribution in [1.29, 1.82) is 0 Å². The van der Waals surface area contributed by atoms with Crippen LogP contribution in [0, 0.1) is 19.8 Å². The zero-order valence-electron chi connectivity index (χ0n) is 22.4. The van der Waals surface area contributed by atoms with Gasteiger partial charge in [-0.2, -0.15) is 0 Å². The number of amides is 4. The fourth-order valence-electron chi connectivity index (χ4n) is 5.61. The smallest absolute Gasteiger partial charge is 0.321 e. The third kappa shape index (κ3) is 5.80. The Morgan fingerprint density at radius 1 is 0.842 bits per heavy atom. The second kappa shape index (κ2) is 11.5. The first-order valence-corrected chi connectivity index (χ1v) is 13.6. The molecular weight excluding hydrogens is 484 g/mol. The van der Waals surface area contributed by atoms with Gasteiger partial charge in [0.25, 0.3) is 5.91 Å². The lowest BCUT2D eigenvalue weighted by molar-refractivity contribution is -0.140. The van der Waals surface area contributed by atoms with E-state index in [0.717, 1.165) is 48.6 Å². The number of H-pyrrole nitrogens is 1. The summed E-state index contributed by atoms with van der Waals surface area (Å²) in [4.78, 5) is 49.4. The number of ether oxygens (including phenoxy) is 1. The maximum atomic E-state index is 12.8. The van der Waals surface area contributed by atoms with E-state index in [1.165, 1.54) is 0 Å². The van der Waals surface area contributed by atoms with Crippen molar-refractivity contribution >= 4 is 29.2 Å². The number of rotatable bonds is 4. The van der Waals surface area contributed by atoms with Gasteiger partial charge in [-0.25, -0.2) is 4.79 Å². The van der Waals surface area contributed by atoms with Gasteiger partial charge in [-0.1, -0.05) is 0 Å². The van der Waals surface area contributed by atoms with Gasteiger partial charge in [0.05, 0.1) is 13.2 Å². The molecule has 38 heavy (non-hydrogen) atoms. The first-order chi connectivity index (χ1) is 18.4. The Bertz CT molecular complexity index is 1140. The van der Waals surface area contributed by atoms with Crippen LogP contribution in [0.4, 0.5) is 16.2 Å². The van der Waals surface area contributed by atoms with Crippen molar-refractivity contribution in [3.05, 3.63) is 47.3 Å². The Morgan fingerprint density at radius 3 is 2.08 bits per heavy atom. The highest BCUT2D eigenvalue weighted by atomic mass is 16.5. The van der Waals surface area contributed by atoms with Crippen LogP contribution in [0.3, 0.4) is 0 Å². The summed E-state index contributed by atoms with van der Waals surface area (Å²) in [5, 5.41) is 2.99. The van der Waals surface area contributed by atoms with Crippen molar-refractivity contribution in [2.45, 2.75) is 26.7 Å². The Kier molecular flexibility index (Phi) is 7.87. The summed E-state index contributed by atoms with van der Waals surface area (Å²) in [5.41, 5.74) is 4.39. The molecule has 0 unspecified atom stereocenters. The van der Waals surface area contributed by atoms with Crippen molar-refractivity contribution < 1.29 is 19.1 Å². The molecule has 1 aromatic heterocycles. The van der Waals surface area contributed by atoms with E-state index in [1.54, 1.807) is 9.80 Å². The predicted octanol–water partition coefficient (Wildman–Crippen LogP) is 2.70. The number of nitrogens with zero attached hydrogens (tertiary/aromatic N) is 4. The number of hydrogen-bond donors (Lipinski definition) is 2. The molecule has 2 aromatic rings. The molecule has 204 valence electrons. The van der Waals surface area contributed by atoms with Crippen LogP contribution in [0.25, 0.3) is 0 Å². The molecule has 5 rings (SSSR count). The second-order valence-corrected chi connectivity index (χ2v) is 10.5. The topological polar surface area (TPSA) is 101 Å². The number of aromatic nitrogens is 1. The van der Waals surface area contributed by atoms with Gasteiger partial charge in [0.15, 0.2) is 0 Å². The number of aromatic amines is 1. The van der Waals surface area contributed by atoms with Crippen LogP contribution in [0.15, 0.2) is 30.3 Å². The van der Waals surface area contributed by atoms with Crippen LogP contribution < -0.4 is 10.2 Å². The number of benzene rings is 1. The molecule has 0 aliphatic carbocycles. The lowest BCUT2D eigenvalue weighted by Gasteiger charge is -2.36. The molecule has 10 heteroatoms. The van der Waals surface area contributed by atoms with Gasteiger partial charge in [-0.15, -0.1) is 0 Å². The van der Waals surface area contributed by atoms with Gasteiger partial charge in [-0.3, -0.25) is 9.59 Å². The maximum absolute atomic E-state index is 12.8. The predicted molar refractivity (Wildman–Crippen MR) is 146 cm³/mol. The molecule has 0 atom stereocenters. The number of nitrogens with one attached hydrogen (secondary N) is 2. The molecule has 10 nitrogen and oxygen atoms in total. The van der Waals surface area contributed by atoms with Gasteiger partial charge < -0.3 is 34.6 Å². The van der Waals surface area contributed by atoms with E-state index in [-0.39, 0.29) is 23.8 Å². The summed E-state index contributed by atoms with van der Waals surface area (Å²) in [6.07, 6.45) is 1.71. The number of anilines is 2. The zero-order valence-corrected chi connectivity index (χ0v) is 22.4. The number of piperidine rings is 1. The van der Waals surface area contributed by atoms with Crippen LogP contribution in [0.2, 0.25) is 0 Å². The minimum atomic E-state index is -0.154. The van der Waals surface area contributed by atoms with Gasteiger partial charge in [0.2, 0.25) is 5.91 Å². The van der Waals surface area contributed by atoms with Crippen LogP contribution in [0.5, 0.6) is 0 Å². The fourth-order valence-corrected chi connectivity index (χ4v) is 5.61. The molecule has 4 heterocycles. The van der Waals surface area contributed by atoms with Crippen LogP contribution in [-0.4, -0.2) is 103 Å². The number of hydrogen-bond acceptors (Lipinski definition) is 5. The summed E-state index contributed by atoms with van der Waals surface area (Å²) in [5.74, 6) is 0.348. The molecule has 0 saturated carbocycles. The van der Waals surface area contributed by atoms with Crippen molar-refractivity contribution in [3.63, 3.8) is 0 Å². The third-order valence-corrected chi connectivity index (χ3v) is 7.87. The third-order valence-electron chi connectivity index (χ3n) is 7.87. The maximum Gasteiger partial charge on any atom is 0.321 e. The van der Waals surface area contributed by atoms with Gasteiger partial charge in [0, 0.05) is 75.3 Å². The Balaban J connectivity index is 1.07. The number of carbonyl (C=O) groups is 3. The standard InChI is InChI=1S/C28H38N6O4/c1-20-19-21(2)29-25(20)27(36)32-11-13-34(14-12-32)28(37)30-23-3-5-24(6-4-23)31-9-7-22(8-10-31)26(35)33-15-17-38-18-16-33/h3-6,19,22,29H,7-18H2,1-2H3,(H,30,37). The summed E-state index contributed by atoms with van der Waals surface area (Å²) < 4.78 is 5.37. The minimum absolute atomic E-state index is 0.0132. The van der Waals surface area contributed by atoms with Crippen molar-refractivity contribution in [3.8, 4) is 0 Å². The number of piperazine rings is 1. The largest absolute Gasteiger partial charge is 0.378 e. The summed E-state index contributed by atoms with van der Waals surface area (Å²) in [7, 11) is 0. The molecule has 0 spiro atoms. The highest BCUT2D eigenvalue weighted by molar-refractivity contribution is 5.94. The summed E-state index contributed by atoms with van der Waals surface area (Å²) in [6, 6.07) is 9.72. The lowest BCUT2D eigenvalue weighted by Crippen LogP contribution is -2.51. The molecule has 2 N–H and O–H groups in total. The van der Waals surface area contributed by atoms with Crippen LogP contribution in [0.1, 0.15) is 34.6 Å². The first kappa shape index (κ1) is 26.1. The number of aryl methyl sites for hydroxylation is 2. The van der Waals surface area contributed by atoms with Crippen LogP contribution >= 0.6 is 0 Å². The lowest BCUT2D eigenvalue weighted by atomic mass is 9.94. The highest BCUT2D eigenvalue weighted by Gasteiger charge is 2.30. The van der Waals surface area contributed by atoms with Crippen molar-refractivity contribution in [1.82, 2.24) is 19.7 Å². The molecule has 0 radical (unpaired) electrons. The van der Waals surface area contributed by atoms with E-state index in [4.69, 9.17) is 4.74 Å². The average Bonchev–Trinajstić information content (AvgIpc) is 3.30. The van der Waals surface area contributed by atoms with E-state index in [1.807, 2.05) is 49.1 Å². The Morgan fingerprint density at radius 2 is 1.47 bits per heavy atom. The SMILES string of the molecule is Cc1cc(C)c(C(=O)N2CCN(C(=O)Nc3ccc(N4CCC(C(=O)N5CCOCC5)CC4)cc3)CC2)[nH]1. The number of carbonyl (C=O) groups excluding carboxylic acids is 3. The molecular formula is C28H38N6O4.